The fourth-order valence-corrected chi connectivity index (χ4v) is 5.13. The van der Waals surface area contributed by atoms with Gasteiger partial charge < -0.3 is 23.4 Å². The van der Waals surface area contributed by atoms with Crippen LogP contribution in [0.2, 0.25) is 0 Å². The minimum atomic E-state index is -3.04. The van der Waals surface area contributed by atoms with E-state index in [0.717, 1.165) is 28.2 Å². The predicted molar refractivity (Wildman–Crippen MR) is 142 cm³/mol. The van der Waals surface area contributed by atoms with Crippen molar-refractivity contribution in [3.05, 3.63) is 95.6 Å². The second kappa shape index (κ2) is 14.4. The summed E-state index contributed by atoms with van der Waals surface area (Å²) in [6, 6.07) is 25.3. The smallest absolute Gasteiger partial charge is 0.330 e. The lowest BCUT2D eigenvalue weighted by molar-refractivity contribution is 0.210. The molecule has 3 aromatic carbocycles. The Labute approximate surface area is 213 Å². The number of ether oxygens (including phenoxy) is 2. The maximum Gasteiger partial charge on any atom is 0.330 e. The van der Waals surface area contributed by atoms with Gasteiger partial charge in [0.15, 0.2) is 0 Å². The molecule has 0 aliphatic rings. The fraction of sp³-hybridized carbons (Fsp3) is 0.321. The van der Waals surface area contributed by atoms with Crippen molar-refractivity contribution in [2.45, 2.75) is 26.9 Å². The highest BCUT2D eigenvalue weighted by molar-refractivity contribution is 7.53. The van der Waals surface area contributed by atoms with Crippen molar-refractivity contribution in [3.63, 3.8) is 0 Å². The third-order valence-corrected chi connectivity index (χ3v) is 7.34. The molecule has 0 spiro atoms. The van der Waals surface area contributed by atoms with Gasteiger partial charge in [-0.3, -0.25) is 4.57 Å². The van der Waals surface area contributed by atoms with Crippen molar-refractivity contribution in [1.29, 1.82) is 0 Å². The van der Waals surface area contributed by atoms with Gasteiger partial charge in [-0.05, 0) is 55.7 Å². The Kier molecular flexibility index (Phi) is 11.0. The first-order chi connectivity index (χ1) is 17.5. The maximum absolute atomic E-state index is 12.6. The molecule has 0 aliphatic carbocycles. The molecule has 0 fully saturated rings. The van der Waals surface area contributed by atoms with Gasteiger partial charge in [0.05, 0.1) is 19.4 Å². The summed E-state index contributed by atoms with van der Waals surface area (Å²) in [4.78, 5) is 4.96. The van der Waals surface area contributed by atoms with E-state index in [1.54, 1.807) is 0 Å². The molecule has 0 aromatic heterocycles. The molecule has 192 valence electrons. The topological polar surface area (TPSA) is 75.6 Å². The summed E-state index contributed by atoms with van der Waals surface area (Å²) in [7, 11) is -1.52. The largest absolute Gasteiger partial charge is 0.489 e. The molecule has 0 heterocycles. The lowest BCUT2D eigenvalue weighted by atomic mass is 10.1. The molecule has 3 aromatic rings. The molecule has 0 saturated heterocycles. The lowest BCUT2D eigenvalue weighted by Crippen LogP contribution is -2.13. The van der Waals surface area contributed by atoms with Gasteiger partial charge in [0.2, 0.25) is 0 Å². The maximum atomic E-state index is 12.6. The fourth-order valence-electron chi connectivity index (χ4n) is 3.48. The molecule has 8 heteroatoms. The van der Waals surface area contributed by atoms with E-state index in [1.165, 1.54) is 7.11 Å². The Hall–Kier alpha value is -3.12. The average Bonchev–Trinajstić information content (AvgIpc) is 2.91. The first-order valence-corrected chi connectivity index (χ1v) is 13.7. The second-order valence-corrected chi connectivity index (χ2v) is 10.1. The third-order valence-electron chi connectivity index (χ3n) is 5.26. The predicted octanol–water partition coefficient (Wildman–Crippen LogP) is 6.50. The van der Waals surface area contributed by atoms with E-state index in [1.807, 2.05) is 92.7 Å². The summed E-state index contributed by atoms with van der Waals surface area (Å²) in [5, 5.41) is 4.08. The summed E-state index contributed by atoms with van der Waals surface area (Å²) >= 11 is 0. The number of hydrogen-bond acceptors (Lipinski definition) is 7. The Morgan fingerprint density at radius 1 is 0.778 bits per heavy atom. The van der Waals surface area contributed by atoms with Crippen LogP contribution in [0.15, 0.2) is 84.0 Å². The molecular formula is C28H34NO6P. The summed E-state index contributed by atoms with van der Waals surface area (Å²) in [6.07, 6.45) is 0.966. The molecule has 3 rings (SSSR count). The van der Waals surface area contributed by atoms with Gasteiger partial charge in [-0.2, -0.15) is 0 Å². The van der Waals surface area contributed by atoms with Gasteiger partial charge in [-0.1, -0.05) is 59.8 Å². The van der Waals surface area contributed by atoms with E-state index in [9.17, 15) is 4.57 Å². The van der Waals surface area contributed by atoms with Crippen molar-refractivity contribution in [1.82, 2.24) is 0 Å². The zero-order valence-electron chi connectivity index (χ0n) is 21.1. The van der Waals surface area contributed by atoms with E-state index in [0.29, 0.717) is 44.7 Å². The van der Waals surface area contributed by atoms with Gasteiger partial charge in [0.1, 0.15) is 37.5 Å². The number of rotatable bonds is 15. The van der Waals surface area contributed by atoms with Crippen LogP contribution in [-0.4, -0.2) is 38.8 Å². The van der Waals surface area contributed by atoms with Crippen molar-refractivity contribution in [2.75, 3.05) is 33.1 Å². The standard InChI is InChI=1S/C28H34NO6P/c1-4-34-36(30,35-5-2)20-19-23-11-15-26(16-12-23)32-21-24-13-17-27(18-14-24)33-22-28(29-31-3)25-9-7-6-8-10-25/h6-18H,4-5,19-22H2,1-3H3. The molecule has 36 heavy (non-hydrogen) atoms. The van der Waals surface area contributed by atoms with Crippen LogP contribution in [0.1, 0.15) is 30.5 Å². The molecule has 0 bridgehead atoms. The minimum absolute atomic E-state index is 0.296. The highest BCUT2D eigenvalue weighted by Crippen LogP contribution is 2.48. The van der Waals surface area contributed by atoms with Crippen LogP contribution < -0.4 is 9.47 Å². The molecule has 0 saturated carbocycles. The zero-order chi connectivity index (χ0) is 25.6. The second-order valence-electron chi connectivity index (χ2n) is 7.87. The molecule has 0 atom stereocenters. The van der Waals surface area contributed by atoms with E-state index in [-0.39, 0.29) is 0 Å². The van der Waals surface area contributed by atoms with Crippen LogP contribution in [0.25, 0.3) is 0 Å². The quantitative estimate of drug-likeness (QED) is 0.132. The number of nitrogens with zero attached hydrogens (tertiary/aromatic N) is 1. The molecule has 0 aliphatic heterocycles. The van der Waals surface area contributed by atoms with Crippen LogP contribution in [-0.2, 0) is 31.5 Å². The summed E-state index contributed by atoms with van der Waals surface area (Å²) < 4.78 is 35.1. The van der Waals surface area contributed by atoms with Crippen LogP contribution in [0.4, 0.5) is 0 Å². The molecule has 0 unspecified atom stereocenters. The zero-order valence-corrected chi connectivity index (χ0v) is 22.0. The molecule has 0 N–H and O–H groups in total. The third kappa shape index (κ3) is 8.83. The first kappa shape index (κ1) is 27.5. The van der Waals surface area contributed by atoms with E-state index >= 15 is 0 Å². The summed E-state index contributed by atoms with van der Waals surface area (Å²) in [5.74, 6) is 1.50. The summed E-state index contributed by atoms with van der Waals surface area (Å²) in [6.45, 7) is 5.10. The van der Waals surface area contributed by atoms with Crippen LogP contribution >= 0.6 is 7.60 Å². The lowest BCUT2D eigenvalue weighted by Gasteiger charge is -2.16. The highest BCUT2D eigenvalue weighted by Gasteiger charge is 2.22. The SMILES string of the molecule is CCOP(=O)(CCc1ccc(OCc2ccc(OCC(=NOC)c3ccccc3)cc2)cc1)OCC. The van der Waals surface area contributed by atoms with Crippen molar-refractivity contribution >= 4 is 13.3 Å². The Morgan fingerprint density at radius 3 is 1.94 bits per heavy atom. The molecule has 7 nitrogen and oxygen atoms in total. The van der Waals surface area contributed by atoms with Gasteiger partial charge >= 0.3 is 7.60 Å². The Bertz CT molecular complexity index is 1110. The highest BCUT2D eigenvalue weighted by atomic mass is 31.2. The van der Waals surface area contributed by atoms with Gasteiger partial charge in [0.25, 0.3) is 0 Å². The molecular weight excluding hydrogens is 477 g/mol. The van der Waals surface area contributed by atoms with Crippen molar-refractivity contribution in [2.24, 2.45) is 5.16 Å². The Morgan fingerprint density at radius 2 is 1.36 bits per heavy atom. The summed E-state index contributed by atoms with van der Waals surface area (Å²) in [5.41, 5.74) is 3.74. The molecule has 0 radical (unpaired) electrons. The van der Waals surface area contributed by atoms with Crippen LogP contribution in [0.5, 0.6) is 11.5 Å². The monoisotopic (exact) mass is 511 g/mol. The number of benzene rings is 3. The van der Waals surface area contributed by atoms with Crippen molar-refractivity contribution < 1.29 is 27.9 Å². The minimum Gasteiger partial charge on any atom is -0.489 e. The number of aryl methyl sites for hydroxylation is 1. The van der Waals surface area contributed by atoms with Gasteiger partial charge in [0, 0.05) is 5.56 Å². The van der Waals surface area contributed by atoms with Crippen LogP contribution in [0.3, 0.4) is 0 Å². The van der Waals surface area contributed by atoms with E-state index in [2.05, 4.69) is 5.16 Å². The van der Waals surface area contributed by atoms with Gasteiger partial charge in [-0.25, -0.2) is 0 Å². The van der Waals surface area contributed by atoms with Crippen LogP contribution in [0, 0.1) is 0 Å². The Balaban J connectivity index is 1.47. The van der Waals surface area contributed by atoms with Crippen molar-refractivity contribution in [3.8, 4) is 11.5 Å². The van der Waals surface area contributed by atoms with Gasteiger partial charge in [-0.15, -0.1) is 0 Å². The molecule has 0 amide bonds. The first-order valence-electron chi connectivity index (χ1n) is 12.0. The van der Waals surface area contributed by atoms with E-state index in [4.69, 9.17) is 23.4 Å². The number of hydrogen-bond donors (Lipinski definition) is 0. The normalized spacial score (nSPS) is 11.8. The van der Waals surface area contributed by atoms with E-state index < -0.39 is 7.60 Å². The average molecular weight is 512 g/mol. The number of oxime groups is 1.